The fraction of sp³-hybridized carbons (Fsp3) is 0.0556. The van der Waals surface area contributed by atoms with Crippen molar-refractivity contribution in [2.75, 3.05) is 17.3 Å². The van der Waals surface area contributed by atoms with E-state index in [1.165, 1.54) is 29.7 Å². The maximum absolute atomic E-state index is 12.5. The molecule has 2 aromatic carbocycles. The average molecular weight is 406 g/mol. The van der Waals surface area contributed by atoms with Crippen molar-refractivity contribution in [2.24, 2.45) is 0 Å². The third-order valence-corrected chi connectivity index (χ3v) is 6.18. The van der Waals surface area contributed by atoms with E-state index >= 15 is 0 Å². The molecule has 1 aromatic heterocycles. The van der Waals surface area contributed by atoms with Crippen LogP contribution >= 0.6 is 22.9 Å². The normalized spacial score (nSPS) is 13.2. The van der Waals surface area contributed by atoms with Crippen molar-refractivity contribution >= 4 is 49.9 Å². The summed E-state index contributed by atoms with van der Waals surface area (Å²) in [5.74, 6) is -0.336. The quantitative estimate of drug-likeness (QED) is 0.536. The van der Waals surface area contributed by atoms with E-state index in [9.17, 15) is 9.00 Å². The van der Waals surface area contributed by atoms with Crippen LogP contribution in [0.4, 0.5) is 11.4 Å². The van der Waals surface area contributed by atoms with Gasteiger partial charge in [-0.2, -0.15) is 0 Å². The molecule has 0 bridgehead atoms. The number of carbonyl (C=O) groups is 1. The Morgan fingerprint density at radius 1 is 1.15 bits per heavy atom. The van der Waals surface area contributed by atoms with Gasteiger partial charge in [0, 0.05) is 21.6 Å². The van der Waals surface area contributed by atoms with Crippen molar-refractivity contribution in [3.63, 3.8) is 0 Å². The fourth-order valence-electron chi connectivity index (χ4n) is 2.35. The van der Waals surface area contributed by atoms with Crippen LogP contribution < -0.4 is 11.1 Å². The highest BCUT2D eigenvalue weighted by molar-refractivity contribution is 7.91. The van der Waals surface area contributed by atoms with E-state index < -0.39 is 9.73 Å². The molecule has 4 N–H and O–H groups in total. The van der Waals surface area contributed by atoms with Crippen LogP contribution in [0.15, 0.2) is 59.5 Å². The van der Waals surface area contributed by atoms with Crippen molar-refractivity contribution in [2.45, 2.75) is 4.90 Å². The number of hydrogen-bond donors (Lipinski definition) is 3. The van der Waals surface area contributed by atoms with Crippen molar-refractivity contribution in [3.05, 3.63) is 64.5 Å². The molecule has 3 aromatic rings. The predicted octanol–water partition coefficient (Wildman–Crippen LogP) is 4.94. The molecule has 5 nitrogen and oxygen atoms in total. The smallest absolute Gasteiger partial charge is 0.255 e. The Morgan fingerprint density at radius 3 is 2.42 bits per heavy atom. The Hall–Kier alpha value is -2.35. The zero-order valence-electron chi connectivity index (χ0n) is 13.8. The second-order valence-corrected chi connectivity index (χ2v) is 9.60. The van der Waals surface area contributed by atoms with Gasteiger partial charge in [-0.25, -0.2) is 8.99 Å². The number of nitrogens with one attached hydrogen (secondary N) is 2. The number of carbonyl (C=O) groups excluding carboxylic acids is 1. The van der Waals surface area contributed by atoms with Crippen LogP contribution in [0.25, 0.3) is 10.4 Å². The first-order chi connectivity index (χ1) is 12.2. The molecule has 134 valence electrons. The van der Waals surface area contributed by atoms with E-state index in [0.717, 1.165) is 10.4 Å². The summed E-state index contributed by atoms with van der Waals surface area (Å²) in [6, 6.07) is 15.3. The minimum atomic E-state index is -2.81. The summed E-state index contributed by atoms with van der Waals surface area (Å²) in [6.07, 6.45) is 1.34. The molecule has 8 heteroatoms. The lowest BCUT2D eigenvalue weighted by molar-refractivity contribution is 0.102. The maximum Gasteiger partial charge on any atom is 0.255 e. The summed E-state index contributed by atoms with van der Waals surface area (Å²) < 4.78 is 20.0. The molecule has 0 aliphatic carbocycles. The molecule has 26 heavy (non-hydrogen) atoms. The fourth-order valence-corrected chi connectivity index (χ4v) is 4.04. The zero-order chi connectivity index (χ0) is 18.9. The van der Waals surface area contributed by atoms with Gasteiger partial charge in [0.25, 0.3) is 5.91 Å². The number of hydrogen-bond acceptors (Lipinski definition) is 5. The molecule has 1 amide bonds. The SMILES string of the molecule is CS(=N)(=O)c1ccc(C(=O)Nc2cc(-c3ccc(Cl)s3)ccc2N)cc1. The standard InChI is InChI=1S/C18H16ClN3O2S2/c1-26(21,24)13-5-2-11(3-6-13)18(23)22-15-10-12(4-7-14(15)20)16-8-9-17(19)25-16/h2-10,21H,20H2,1H3,(H,22,23). The van der Waals surface area contributed by atoms with Gasteiger partial charge in [0.2, 0.25) is 0 Å². The second-order valence-electron chi connectivity index (χ2n) is 5.73. The predicted molar refractivity (Wildman–Crippen MR) is 109 cm³/mol. The van der Waals surface area contributed by atoms with E-state index in [1.54, 1.807) is 24.3 Å². The maximum atomic E-state index is 12.5. The lowest BCUT2D eigenvalue weighted by Gasteiger charge is -2.10. The number of amides is 1. The number of nitrogens with two attached hydrogens (primary N) is 1. The van der Waals surface area contributed by atoms with Crippen LogP contribution in [0.1, 0.15) is 10.4 Å². The molecule has 0 aliphatic rings. The molecule has 3 rings (SSSR count). The van der Waals surface area contributed by atoms with Crippen LogP contribution in [0.3, 0.4) is 0 Å². The zero-order valence-corrected chi connectivity index (χ0v) is 16.2. The van der Waals surface area contributed by atoms with E-state index in [1.807, 2.05) is 18.2 Å². The Bertz CT molecular complexity index is 1070. The van der Waals surface area contributed by atoms with Gasteiger partial charge in [-0.1, -0.05) is 17.7 Å². The number of halogens is 1. The van der Waals surface area contributed by atoms with Gasteiger partial charge < -0.3 is 11.1 Å². The number of nitrogen functional groups attached to an aromatic ring is 1. The molecular formula is C18H16ClN3O2S2. The molecule has 1 atom stereocenters. The summed E-state index contributed by atoms with van der Waals surface area (Å²) in [4.78, 5) is 13.8. The molecule has 0 radical (unpaired) electrons. The molecule has 0 aliphatic heterocycles. The van der Waals surface area contributed by atoms with Gasteiger partial charge in [0.15, 0.2) is 0 Å². The van der Waals surface area contributed by atoms with E-state index in [0.29, 0.717) is 26.2 Å². The van der Waals surface area contributed by atoms with Crippen molar-refractivity contribution in [3.8, 4) is 10.4 Å². The van der Waals surface area contributed by atoms with E-state index in [2.05, 4.69) is 5.32 Å². The minimum Gasteiger partial charge on any atom is -0.397 e. The van der Waals surface area contributed by atoms with Crippen LogP contribution in [-0.2, 0) is 9.73 Å². The molecule has 1 unspecified atom stereocenters. The van der Waals surface area contributed by atoms with Gasteiger partial charge in [0.05, 0.1) is 25.4 Å². The van der Waals surface area contributed by atoms with Gasteiger partial charge in [-0.3, -0.25) is 4.79 Å². The first kappa shape index (κ1) is 18.4. The number of rotatable bonds is 4. The number of thiophene rings is 1. The molecule has 0 saturated carbocycles. The Balaban J connectivity index is 1.85. The Kier molecular flexibility index (Phi) is 5.04. The molecule has 0 spiro atoms. The summed E-state index contributed by atoms with van der Waals surface area (Å²) in [7, 11) is -2.81. The first-order valence-electron chi connectivity index (χ1n) is 7.54. The lowest BCUT2D eigenvalue weighted by atomic mass is 10.1. The molecule has 1 heterocycles. The highest BCUT2D eigenvalue weighted by Crippen LogP contribution is 2.34. The van der Waals surface area contributed by atoms with E-state index in [-0.39, 0.29) is 5.91 Å². The first-order valence-corrected chi connectivity index (χ1v) is 10.7. The minimum absolute atomic E-state index is 0.336. The molecular weight excluding hydrogens is 390 g/mol. The average Bonchev–Trinajstić information content (AvgIpc) is 3.02. The van der Waals surface area contributed by atoms with Crippen LogP contribution in [0.2, 0.25) is 4.34 Å². The summed E-state index contributed by atoms with van der Waals surface area (Å²) in [5.41, 5.74) is 8.22. The third kappa shape index (κ3) is 4.07. The van der Waals surface area contributed by atoms with Crippen LogP contribution in [0, 0.1) is 4.78 Å². The summed E-state index contributed by atoms with van der Waals surface area (Å²) in [6.45, 7) is 0. The molecule has 0 saturated heterocycles. The Morgan fingerprint density at radius 2 is 1.85 bits per heavy atom. The van der Waals surface area contributed by atoms with E-state index in [4.69, 9.17) is 22.1 Å². The number of benzene rings is 2. The lowest BCUT2D eigenvalue weighted by Crippen LogP contribution is -2.13. The monoisotopic (exact) mass is 405 g/mol. The van der Waals surface area contributed by atoms with Gasteiger partial charge in [-0.15, -0.1) is 11.3 Å². The third-order valence-electron chi connectivity index (χ3n) is 3.73. The number of anilines is 2. The summed E-state index contributed by atoms with van der Waals surface area (Å²) in [5, 5.41) is 2.79. The van der Waals surface area contributed by atoms with Gasteiger partial charge >= 0.3 is 0 Å². The van der Waals surface area contributed by atoms with Crippen molar-refractivity contribution in [1.82, 2.24) is 0 Å². The van der Waals surface area contributed by atoms with Gasteiger partial charge in [-0.05, 0) is 54.1 Å². The highest BCUT2D eigenvalue weighted by atomic mass is 35.5. The second kappa shape index (κ2) is 7.11. The Labute approximate surface area is 160 Å². The van der Waals surface area contributed by atoms with Crippen LogP contribution in [0.5, 0.6) is 0 Å². The van der Waals surface area contributed by atoms with Crippen molar-refractivity contribution < 1.29 is 9.00 Å². The molecule has 0 fully saturated rings. The largest absolute Gasteiger partial charge is 0.397 e. The summed E-state index contributed by atoms with van der Waals surface area (Å²) >= 11 is 7.42. The van der Waals surface area contributed by atoms with Crippen molar-refractivity contribution in [1.29, 1.82) is 4.78 Å². The topological polar surface area (TPSA) is 96.0 Å². The highest BCUT2D eigenvalue weighted by Gasteiger charge is 2.11. The van der Waals surface area contributed by atoms with Crippen LogP contribution in [-0.4, -0.2) is 16.4 Å². The van der Waals surface area contributed by atoms with Gasteiger partial charge in [0.1, 0.15) is 0 Å².